The van der Waals surface area contributed by atoms with Gasteiger partial charge in [-0.05, 0) is 43.7 Å². The number of aromatic nitrogens is 2. The third kappa shape index (κ3) is 3.65. The zero-order valence-electron chi connectivity index (χ0n) is 15.9. The number of aryl methyl sites for hydroxylation is 2. The number of fused-ring (bicyclic) bond motifs is 1. The lowest BCUT2D eigenvalue weighted by Gasteiger charge is -2.25. The normalized spacial score (nSPS) is 12.3. The predicted octanol–water partition coefficient (Wildman–Crippen LogP) is 3.57. The van der Waals surface area contributed by atoms with E-state index in [4.69, 9.17) is 0 Å². The third-order valence-corrected chi connectivity index (χ3v) is 5.12. The average molecular weight is 369 g/mol. The Hall–Kier alpha value is -2.89. The molecule has 0 N–H and O–H groups in total. The summed E-state index contributed by atoms with van der Waals surface area (Å²) in [6.45, 7) is 4.75. The maximum atomic E-state index is 13.1. The van der Waals surface area contributed by atoms with Crippen LogP contribution in [0.1, 0.15) is 31.9 Å². The molecule has 0 fully saturated rings. The number of hydrogen-bond acceptors (Lipinski definition) is 2. The van der Waals surface area contributed by atoms with E-state index in [0.29, 0.717) is 13.1 Å². The van der Waals surface area contributed by atoms with Gasteiger partial charge in [-0.2, -0.15) is 0 Å². The Bertz CT molecular complexity index is 1000. The number of amides is 1. The average Bonchev–Trinajstić information content (AvgIpc) is 2.96. The number of halogens is 1. The fraction of sp³-hybridized carbons (Fsp3) is 0.333. The van der Waals surface area contributed by atoms with Gasteiger partial charge in [-0.1, -0.05) is 24.3 Å². The zero-order chi connectivity index (χ0) is 19.6. The van der Waals surface area contributed by atoms with E-state index in [2.05, 4.69) is 0 Å². The Kier molecular flexibility index (Phi) is 5.44. The van der Waals surface area contributed by atoms with Crippen LogP contribution in [0.4, 0.5) is 4.39 Å². The lowest BCUT2D eigenvalue weighted by atomic mass is 10.1. The molecule has 5 nitrogen and oxygen atoms in total. The molecule has 3 rings (SSSR count). The summed E-state index contributed by atoms with van der Waals surface area (Å²) in [5, 5.41) is 0. The minimum atomic E-state index is -0.299. The number of imidazole rings is 1. The lowest BCUT2D eigenvalue weighted by Crippen LogP contribution is -2.32. The number of rotatable bonds is 6. The first-order valence-corrected chi connectivity index (χ1v) is 9.13. The van der Waals surface area contributed by atoms with E-state index in [9.17, 15) is 14.0 Å². The van der Waals surface area contributed by atoms with Gasteiger partial charge >= 0.3 is 5.69 Å². The van der Waals surface area contributed by atoms with E-state index in [-0.39, 0.29) is 29.9 Å². The minimum absolute atomic E-state index is 0.0629. The lowest BCUT2D eigenvalue weighted by molar-refractivity contribution is -0.132. The fourth-order valence-electron chi connectivity index (χ4n) is 3.36. The van der Waals surface area contributed by atoms with Crippen molar-refractivity contribution in [2.75, 3.05) is 7.05 Å². The summed E-state index contributed by atoms with van der Waals surface area (Å²) >= 11 is 0. The van der Waals surface area contributed by atoms with Crippen molar-refractivity contribution < 1.29 is 9.18 Å². The molecule has 142 valence electrons. The van der Waals surface area contributed by atoms with Crippen molar-refractivity contribution in [1.82, 2.24) is 14.0 Å². The van der Waals surface area contributed by atoms with Crippen molar-refractivity contribution >= 4 is 16.9 Å². The highest BCUT2D eigenvalue weighted by Gasteiger charge is 2.19. The third-order valence-electron chi connectivity index (χ3n) is 5.12. The number of para-hydroxylation sites is 2. The molecule has 2 aromatic carbocycles. The second-order valence-electron chi connectivity index (χ2n) is 6.65. The van der Waals surface area contributed by atoms with Crippen LogP contribution >= 0.6 is 0 Å². The smallest absolute Gasteiger partial charge is 0.329 e. The van der Waals surface area contributed by atoms with Crippen LogP contribution in [0.3, 0.4) is 0 Å². The highest BCUT2D eigenvalue weighted by Crippen LogP contribution is 2.20. The molecule has 0 unspecified atom stereocenters. The van der Waals surface area contributed by atoms with E-state index < -0.39 is 0 Å². The van der Waals surface area contributed by atoms with Crippen molar-refractivity contribution in [1.29, 1.82) is 0 Å². The van der Waals surface area contributed by atoms with E-state index in [0.717, 1.165) is 16.6 Å². The van der Waals surface area contributed by atoms with Gasteiger partial charge in [-0.15, -0.1) is 0 Å². The molecule has 1 atom stereocenters. The first-order chi connectivity index (χ1) is 12.9. The number of nitrogens with zero attached hydrogens (tertiary/aromatic N) is 3. The van der Waals surface area contributed by atoms with Gasteiger partial charge < -0.3 is 4.90 Å². The van der Waals surface area contributed by atoms with Gasteiger partial charge in [0.15, 0.2) is 0 Å². The van der Waals surface area contributed by atoms with E-state index in [1.807, 2.05) is 38.1 Å². The van der Waals surface area contributed by atoms with Gasteiger partial charge in [-0.3, -0.25) is 13.9 Å². The molecule has 1 heterocycles. The number of benzene rings is 2. The summed E-state index contributed by atoms with van der Waals surface area (Å²) in [6, 6.07) is 13.6. The summed E-state index contributed by atoms with van der Waals surface area (Å²) < 4.78 is 16.5. The number of carbonyl (C=O) groups is 1. The molecule has 3 aromatic rings. The van der Waals surface area contributed by atoms with E-state index >= 15 is 0 Å². The Balaban J connectivity index is 1.76. The van der Waals surface area contributed by atoms with Crippen LogP contribution in [0.5, 0.6) is 0 Å². The SMILES string of the molecule is CCn1c(=O)n(CCC(=O)N(C)[C@H](C)c2ccc(F)cc2)c2ccccc21. The Morgan fingerprint density at radius 3 is 2.26 bits per heavy atom. The zero-order valence-corrected chi connectivity index (χ0v) is 15.9. The molecular weight excluding hydrogens is 345 g/mol. The highest BCUT2D eigenvalue weighted by molar-refractivity contribution is 5.78. The summed E-state index contributed by atoms with van der Waals surface area (Å²) in [5.74, 6) is -0.362. The quantitative estimate of drug-likeness (QED) is 0.667. The maximum Gasteiger partial charge on any atom is 0.329 e. The molecule has 0 spiro atoms. The van der Waals surface area contributed by atoms with E-state index in [1.165, 1.54) is 12.1 Å². The van der Waals surface area contributed by atoms with E-state index in [1.54, 1.807) is 33.2 Å². The first-order valence-electron chi connectivity index (χ1n) is 9.13. The largest absolute Gasteiger partial charge is 0.339 e. The van der Waals surface area contributed by atoms with Crippen LogP contribution in [0.25, 0.3) is 11.0 Å². The van der Waals surface area contributed by atoms with Gasteiger partial charge in [0.1, 0.15) is 5.82 Å². The predicted molar refractivity (Wildman–Crippen MR) is 104 cm³/mol. The molecule has 0 saturated carbocycles. The van der Waals surface area contributed by atoms with Crippen molar-refractivity contribution in [2.24, 2.45) is 0 Å². The van der Waals surface area contributed by atoms with Crippen molar-refractivity contribution in [3.63, 3.8) is 0 Å². The second kappa shape index (κ2) is 7.78. The topological polar surface area (TPSA) is 47.2 Å². The summed E-state index contributed by atoms with van der Waals surface area (Å²) in [7, 11) is 1.73. The molecule has 27 heavy (non-hydrogen) atoms. The van der Waals surface area contributed by atoms with Gasteiger partial charge in [0.05, 0.1) is 17.1 Å². The van der Waals surface area contributed by atoms with Crippen LogP contribution in [-0.4, -0.2) is 27.0 Å². The van der Waals surface area contributed by atoms with Crippen LogP contribution < -0.4 is 5.69 Å². The summed E-state index contributed by atoms with van der Waals surface area (Å²) in [5.41, 5.74) is 2.49. The summed E-state index contributed by atoms with van der Waals surface area (Å²) in [4.78, 5) is 26.9. The Labute approximate surface area is 157 Å². The van der Waals surface area contributed by atoms with Gasteiger partial charge in [-0.25, -0.2) is 9.18 Å². The Morgan fingerprint density at radius 2 is 1.67 bits per heavy atom. The molecule has 6 heteroatoms. The van der Waals surface area contributed by atoms with Crippen molar-refractivity contribution in [3.05, 3.63) is 70.4 Å². The van der Waals surface area contributed by atoms with Crippen LogP contribution in [0.15, 0.2) is 53.3 Å². The Morgan fingerprint density at radius 1 is 1.07 bits per heavy atom. The van der Waals surface area contributed by atoms with Gasteiger partial charge in [0.25, 0.3) is 0 Å². The molecule has 0 aliphatic heterocycles. The van der Waals surface area contributed by atoms with Gasteiger partial charge in [0, 0.05) is 26.6 Å². The number of hydrogen-bond donors (Lipinski definition) is 0. The van der Waals surface area contributed by atoms with Crippen molar-refractivity contribution in [2.45, 2.75) is 39.4 Å². The van der Waals surface area contributed by atoms with Crippen LogP contribution in [0, 0.1) is 5.82 Å². The maximum absolute atomic E-state index is 13.1. The molecule has 0 aliphatic carbocycles. The molecule has 0 saturated heterocycles. The monoisotopic (exact) mass is 369 g/mol. The fourth-order valence-corrected chi connectivity index (χ4v) is 3.36. The molecule has 0 bridgehead atoms. The molecule has 1 amide bonds. The standard InChI is InChI=1S/C21H24FN3O2/c1-4-24-18-7-5-6-8-19(18)25(21(24)27)14-13-20(26)23(3)15(2)16-9-11-17(22)12-10-16/h5-12,15H,4,13-14H2,1-3H3/t15-/m1/s1. The van der Waals surface area contributed by atoms with Crippen LogP contribution in [-0.2, 0) is 17.9 Å². The van der Waals surface area contributed by atoms with Crippen LogP contribution in [0.2, 0.25) is 0 Å². The first kappa shape index (κ1) is 18.9. The molecule has 0 radical (unpaired) electrons. The molecular formula is C21H24FN3O2. The summed E-state index contributed by atoms with van der Waals surface area (Å²) in [6.07, 6.45) is 0.222. The number of carbonyl (C=O) groups excluding carboxylic acids is 1. The van der Waals surface area contributed by atoms with Crippen molar-refractivity contribution in [3.8, 4) is 0 Å². The molecule has 0 aliphatic rings. The highest BCUT2D eigenvalue weighted by atomic mass is 19.1. The minimum Gasteiger partial charge on any atom is -0.339 e. The second-order valence-corrected chi connectivity index (χ2v) is 6.65. The van der Waals surface area contributed by atoms with Gasteiger partial charge in [0.2, 0.25) is 5.91 Å². The molecule has 1 aromatic heterocycles.